The quantitative estimate of drug-likeness (QED) is 0.565. The van der Waals surface area contributed by atoms with Crippen LogP contribution in [0.25, 0.3) is 22.0 Å². The summed E-state index contributed by atoms with van der Waals surface area (Å²) < 4.78 is 21.1. The summed E-state index contributed by atoms with van der Waals surface area (Å²) in [5, 5.41) is 1.15. The fourth-order valence-corrected chi connectivity index (χ4v) is 5.02. The molecule has 2 aromatic carbocycles. The molecule has 3 aromatic rings. The van der Waals surface area contributed by atoms with Gasteiger partial charge in [-0.25, -0.2) is 4.39 Å². The Bertz CT molecular complexity index is 1110. The van der Waals surface area contributed by atoms with Gasteiger partial charge in [-0.1, -0.05) is 42.5 Å². The van der Waals surface area contributed by atoms with E-state index in [-0.39, 0.29) is 12.0 Å². The van der Waals surface area contributed by atoms with Gasteiger partial charge in [0.2, 0.25) is 0 Å². The summed E-state index contributed by atoms with van der Waals surface area (Å²) in [5.74, 6) is 0.0354. The SMILES string of the molecule is Cc1c(-c2ccc(CC3(F)CCN(C(=O)[C@H]4CCCO4)CC3)cc2)cnc2ccccc12. The zero-order valence-electron chi connectivity index (χ0n) is 18.5. The first-order valence-electron chi connectivity index (χ1n) is 11.6. The molecule has 166 valence electrons. The highest BCUT2D eigenvalue weighted by atomic mass is 19.1. The topological polar surface area (TPSA) is 42.4 Å². The highest BCUT2D eigenvalue weighted by Gasteiger charge is 2.38. The van der Waals surface area contributed by atoms with E-state index in [1.807, 2.05) is 36.5 Å². The minimum Gasteiger partial charge on any atom is -0.368 e. The predicted octanol–water partition coefficient (Wildman–Crippen LogP) is 5.26. The minimum absolute atomic E-state index is 0.0354. The number of alkyl halides is 1. The van der Waals surface area contributed by atoms with Crippen LogP contribution in [-0.2, 0) is 16.0 Å². The van der Waals surface area contributed by atoms with Crippen LogP contribution in [0, 0.1) is 6.92 Å². The monoisotopic (exact) mass is 432 g/mol. The molecule has 2 saturated heterocycles. The van der Waals surface area contributed by atoms with Crippen LogP contribution in [-0.4, -0.2) is 47.3 Å². The molecule has 0 aliphatic carbocycles. The number of pyridine rings is 1. The maximum atomic E-state index is 15.6. The molecule has 2 aliphatic rings. The van der Waals surface area contributed by atoms with Gasteiger partial charge in [0.1, 0.15) is 11.8 Å². The Morgan fingerprint density at radius 1 is 1.16 bits per heavy atom. The summed E-state index contributed by atoms with van der Waals surface area (Å²) in [5.41, 5.74) is 4.11. The lowest BCUT2D eigenvalue weighted by Gasteiger charge is -2.37. The second kappa shape index (κ2) is 8.62. The number of hydrogen-bond donors (Lipinski definition) is 0. The molecule has 5 rings (SSSR count). The zero-order chi connectivity index (χ0) is 22.1. The summed E-state index contributed by atoms with van der Waals surface area (Å²) in [6.45, 7) is 3.71. The van der Waals surface area contributed by atoms with E-state index in [4.69, 9.17) is 4.74 Å². The van der Waals surface area contributed by atoms with Crippen molar-refractivity contribution in [2.24, 2.45) is 0 Å². The van der Waals surface area contributed by atoms with Crippen molar-refractivity contribution in [1.29, 1.82) is 0 Å². The van der Waals surface area contributed by atoms with E-state index in [9.17, 15) is 4.79 Å². The average Bonchev–Trinajstić information content (AvgIpc) is 3.35. The number of amides is 1. The van der Waals surface area contributed by atoms with Crippen molar-refractivity contribution in [3.05, 3.63) is 65.9 Å². The molecule has 1 aromatic heterocycles. The third kappa shape index (κ3) is 4.14. The van der Waals surface area contributed by atoms with Crippen LogP contribution in [0.2, 0.25) is 0 Å². The lowest BCUT2D eigenvalue weighted by Crippen LogP contribution is -2.48. The number of benzene rings is 2. The molecule has 3 heterocycles. The minimum atomic E-state index is -1.27. The van der Waals surface area contributed by atoms with Gasteiger partial charge in [-0.15, -0.1) is 0 Å². The highest BCUT2D eigenvalue weighted by molar-refractivity contribution is 5.88. The number of hydrogen-bond acceptors (Lipinski definition) is 3. The van der Waals surface area contributed by atoms with Crippen molar-refractivity contribution in [1.82, 2.24) is 9.88 Å². The number of nitrogens with zero attached hydrogens (tertiary/aromatic N) is 2. The number of carbonyl (C=O) groups is 1. The smallest absolute Gasteiger partial charge is 0.251 e. The molecule has 0 spiro atoms. The number of aromatic nitrogens is 1. The number of para-hydroxylation sites is 1. The molecule has 0 radical (unpaired) electrons. The van der Waals surface area contributed by atoms with Crippen LogP contribution < -0.4 is 0 Å². The Morgan fingerprint density at radius 3 is 2.62 bits per heavy atom. The molecule has 0 N–H and O–H groups in total. The number of piperidine rings is 1. The van der Waals surface area contributed by atoms with Crippen molar-refractivity contribution >= 4 is 16.8 Å². The van der Waals surface area contributed by atoms with E-state index in [1.54, 1.807) is 4.90 Å². The molecule has 1 amide bonds. The first-order valence-corrected chi connectivity index (χ1v) is 11.6. The van der Waals surface area contributed by atoms with Crippen LogP contribution >= 0.6 is 0 Å². The summed E-state index contributed by atoms with van der Waals surface area (Å²) in [6.07, 6.45) is 4.45. The number of fused-ring (bicyclic) bond motifs is 1. The molecule has 1 atom stereocenters. The van der Waals surface area contributed by atoms with Gasteiger partial charge < -0.3 is 9.64 Å². The van der Waals surface area contributed by atoms with Gasteiger partial charge in [0.15, 0.2) is 0 Å². The number of rotatable bonds is 4. The van der Waals surface area contributed by atoms with Crippen LogP contribution in [0.3, 0.4) is 0 Å². The second-order valence-electron chi connectivity index (χ2n) is 9.17. The summed E-state index contributed by atoms with van der Waals surface area (Å²) in [4.78, 5) is 18.9. The van der Waals surface area contributed by atoms with Crippen molar-refractivity contribution in [3.63, 3.8) is 0 Å². The predicted molar refractivity (Wildman–Crippen MR) is 124 cm³/mol. The van der Waals surface area contributed by atoms with Crippen molar-refractivity contribution in [3.8, 4) is 11.1 Å². The van der Waals surface area contributed by atoms with Gasteiger partial charge >= 0.3 is 0 Å². The van der Waals surface area contributed by atoms with Crippen LogP contribution in [0.4, 0.5) is 4.39 Å². The number of likely N-dealkylation sites (tertiary alicyclic amines) is 1. The molecule has 0 unspecified atom stereocenters. The van der Waals surface area contributed by atoms with Gasteiger partial charge in [0, 0.05) is 43.3 Å². The maximum Gasteiger partial charge on any atom is 0.251 e. The lowest BCUT2D eigenvalue weighted by molar-refractivity contribution is -0.143. The van der Waals surface area contributed by atoms with Crippen molar-refractivity contribution in [2.45, 2.75) is 50.8 Å². The van der Waals surface area contributed by atoms with E-state index in [0.717, 1.165) is 40.4 Å². The Balaban J connectivity index is 1.25. The number of ether oxygens (including phenoxy) is 1. The Kier molecular flexibility index (Phi) is 5.68. The van der Waals surface area contributed by atoms with E-state index in [1.165, 1.54) is 5.56 Å². The normalized spacial score (nSPS) is 20.6. The van der Waals surface area contributed by atoms with Crippen molar-refractivity contribution in [2.75, 3.05) is 19.7 Å². The molecular formula is C27H29FN2O2. The number of aryl methyl sites for hydroxylation is 1. The van der Waals surface area contributed by atoms with Gasteiger partial charge in [-0.3, -0.25) is 9.78 Å². The van der Waals surface area contributed by atoms with Crippen LogP contribution in [0.5, 0.6) is 0 Å². The van der Waals surface area contributed by atoms with Gasteiger partial charge in [-0.05, 0) is 55.4 Å². The molecule has 0 saturated carbocycles. The zero-order valence-corrected chi connectivity index (χ0v) is 18.5. The van der Waals surface area contributed by atoms with Crippen LogP contribution in [0.15, 0.2) is 54.7 Å². The standard InChI is InChI=1S/C27H29FN2O2/c1-19-22-5-2-3-6-24(22)29-18-23(19)21-10-8-20(9-11-21)17-27(28)12-14-30(15-13-27)26(31)25-7-4-16-32-25/h2-3,5-6,8-11,18,25H,4,7,12-17H2,1H3/t25-/m1/s1. The molecule has 0 bridgehead atoms. The molecule has 2 fully saturated rings. The van der Waals surface area contributed by atoms with Gasteiger partial charge in [0.25, 0.3) is 5.91 Å². The highest BCUT2D eigenvalue weighted by Crippen LogP contribution is 2.33. The van der Waals surface area contributed by atoms with E-state index < -0.39 is 5.67 Å². The first-order chi connectivity index (χ1) is 15.5. The second-order valence-corrected chi connectivity index (χ2v) is 9.17. The molecule has 32 heavy (non-hydrogen) atoms. The number of halogens is 1. The molecule has 4 nitrogen and oxygen atoms in total. The van der Waals surface area contributed by atoms with E-state index >= 15 is 4.39 Å². The molecular weight excluding hydrogens is 403 g/mol. The van der Waals surface area contributed by atoms with E-state index in [0.29, 0.717) is 39.0 Å². The summed E-state index contributed by atoms with van der Waals surface area (Å²) in [7, 11) is 0. The lowest BCUT2D eigenvalue weighted by atomic mass is 9.86. The fourth-order valence-electron chi connectivity index (χ4n) is 5.02. The van der Waals surface area contributed by atoms with E-state index in [2.05, 4.69) is 30.1 Å². The third-order valence-electron chi connectivity index (χ3n) is 7.01. The summed E-state index contributed by atoms with van der Waals surface area (Å²) >= 11 is 0. The largest absolute Gasteiger partial charge is 0.368 e. The molecule has 2 aliphatic heterocycles. The van der Waals surface area contributed by atoms with Crippen molar-refractivity contribution < 1.29 is 13.9 Å². The Labute approximate surface area is 188 Å². The maximum absolute atomic E-state index is 15.6. The average molecular weight is 433 g/mol. The van der Waals surface area contributed by atoms with Gasteiger partial charge in [0.05, 0.1) is 5.52 Å². The molecule has 5 heteroatoms. The number of carbonyl (C=O) groups excluding carboxylic acids is 1. The first kappa shape index (κ1) is 21.1. The van der Waals surface area contributed by atoms with Gasteiger partial charge in [-0.2, -0.15) is 0 Å². The van der Waals surface area contributed by atoms with Crippen LogP contribution in [0.1, 0.15) is 36.8 Å². The fraction of sp³-hybridized carbons (Fsp3) is 0.407. The summed E-state index contributed by atoms with van der Waals surface area (Å²) in [6, 6.07) is 16.3. The third-order valence-corrected chi connectivity index (χ3v) is 7.01. The Morgan fingerprint density at radius 2 is 1.91 bits per heavy atom. The Hall–Kier alpha value is -2.79.